The number of hydrogen-bond acceptors (Lipinski definition) is 5. The average molecular weight is 393 g/mol. The minimum Gasteiger partial charge on any atom is -0.444 e. The van der Waals surface area contributed by atoms with Crippen LogP contribution in [-0.4, -0.2) is 28.4 Å². The zero-order valence-corrected chi connectivity index (χ0v) is 15.8. The lowest BCUT2D eigenvalue weighted by Crippen LogP contribution is -2.34. The lowest BCUT2D eigenvalue weighted by atomic mass is 10.1. The third-order valence-electron chi connectivity index (χ3n) is 5.17. The molecule has 2 aromatic carbocycles. The second kappa shape index (κ2) is 7.38. The van der Waals surface area contributed by atoms with Gasteiger partial charge in [-0.15, -0.1) is 0 Å². The Labute approximate surface area is 167 Å². The zero-order valence-electron chi connectivity index (χ0n) is 15.8. The first-order chi connectivity index (χ1) is 14.0. The van der Waals surface area contributed by atoms with Crippen LogP contribution in [0, 0.1) is 16.0 Å². The van der Waals surface area contributed by atoms with Crippen LogP contribution in [0.5, 0.6) is 0 Å². The van der Waals surface area contributed by atoms with E-state index in [4.69, 9.17) is 4.74 Å². The summed E-state index contributed by atoms with van der Waals surface area (Å²) in [4.78, 5) is 39.0. The van der Waals surface area contributed by atoms with Gasteiger partial charge in [-0.1, -0.05) is 30.3 Å². The van der Waals surface area contributed by atoms with Gasteiger partial charge in [0.2, 0.25) is 5.91 Å². The number of anilines is 1. The number of non-ortho nitro benzene ring substituents is 1. The number of ether oxygens (including phenoxy) is 1. The molecule has 0 bridgehead atoms. The highest BCUT2D eigenvalue weighted by molar-refractivity contribution is 6.04. The fourth-order valence-corrected chi connectivity index (χ4v) is 3.77. The fraction of sp³-hybridized carbons (Fsp3) is 0.238. The van der Waals surface area contributed by atoms with Gasteiger partial charge in [-0.2, -0.15) is 0 Å². The summed E-state index contributed by atoms with van der Waals surface area (Å²) in [7, 11) is 0. The first-order valence-electron chi connectivity index (χ1n) is 9.27. The van der Waals surface area contributed by atoms with Gasteiger partial charge in [-0.3, -0.25) is 24.7 Å². The largest absolute Gasteiger partial charge is 0.444 e. The quantitative estimate of drug-likeness (QED) is 0.581. The molecule has 29 heavy (non-hydrogen) atoms. The second-order valence-corrected chi connectivity index (χ2v) is 6.94. The summed E-state index contributed by atoms with van der Waals surface area (Å²) in [6.45, 7) is 2.35. The topological polar surface area (TPSA) is 93.0 Å². The van der Waals surface area contributed by atoms with Crippen molar-refractivity contribution < 1.29 is 19.2 Å². The Morgan fingerprint density at radius 3 is 2.52 bits per heavy atom. The normalized spacial score (nSPS) is 18.2. The number of carbonyl (C=O) groups excluding carboxylic acids is 2. The first kappa shape index (κ1) is 18.7. The first-order valence-corrected chi connectivity index (χ1v) is 9.27. The van der Waals surface area contributed by atoms with Crippen LogP contribution in [0.15, 0.2) is 66.0 Å². The molecule has 2 heterocycles. The van der Waals surface area contributed by atoms with E-state index in [1.165, 1.54) is 17.0 Å². The van der Waals surface area contributed by atoms with E-state index >= 15 is 0 Å². The van der Waals surface area contributed by atoms with Crippen molar-refractivity contribution >= 4 is 23.4 Å². The van der Waals surface area contributed by atoms with Crippen LogP contribution in [0.4, 0.5) is 16.2 Å². The average Bonchev–Trinajstić information content (AvgIpc) is 3.26. The molecule has 0 fully saturated rings. The summed E-state index contributed by atoms with van der Waals surface area (Å²) >= 11 is 0. The maximum atomic E-state index is 12.9. The Morgan fingerprint density at radius 2 is 1.86 bits per heavy atom. The molecule has 148 valence electrons. The van der Waals surface area contributed by atoms with Gasteiger partial charge >= 0.3 is 6.09 Å². The van der Waals surface area contributed by atoms with Crippen LogP contribution in [0.3, 0.4) is 0 Å². The van der Waals surface area contributed by atoms with E-state index in [9.17, 15) is 19.7 Å². The molecular formula is C21H19N3O5. The van der Waals surface area contributed by atoms with Gasteiger partial charge in [0.15, 0.2) is 0 Å². The van der Waals surface area contributed by atoms with Crippen LogP contribution >= 0.6 is 0 Å². The molecule has 0 saturated heterocycles. The van der Waals surface area contributed by atoms with Gasteiger partial charge in [0.05, 0.1) is 16.5 Å². The zero-order chi connectivity index (χ0) is 20.5. The molecule has 0 N–H and O–H groups in total. The highest BCUT2D eigenvalue weighted by Gasteiger charge is 2.45. The molecule has 8 nitrogen and oxygen atoms in total. The SMILES string of the molecule is CC1C(=O)N(c2ccc([N+](=O)[O-])cc2)C2=C1N(C(=O)OCc1ccccc1)CC2. The second-order valence-electron chi connectivity index (χ2n) is 6.94. The Morgan fingerprint density at radius 1 is 1.17 bits per heavy atom. The number of benzene rings is 2. The summed E-state index contributed by atoms with van der Waals surface area (Å²) in [5.74, 6) is -0.656. The monoisotopic (exact) mass is 393 g/mol. The van der Waals surface area contributed by atoms with Gasteiger partial charge in [0, 0.05) is 36.5 Å². The van der Waals surface area contributed by atoms with Gasteiger partial charge in [0.25, 0.3) is 5.69 Å². The van der Waals surface area contributed by atoms with Crippen LogP contribution in [0.1, 0.15) is 18.9 Å². The minimum atomic E-state index is -0.494. The van der Waals surface area contributed by atoms with Crippen molar-refractivity contribution in [2.24, 2.45) is 5.92 Å². The van der Waals surface area contributed by atoms with Gasteiger partial charge < -0.3 is 4.74 Å². The van der Waals surface area contributed by atoms with Gasteiger partial charge in [-0.25, -0.2) is 4.79 Å². The molecule has 0 saturated carbocycles. The molecular weight excluding hydrogens is 374 g/mol. The highest BCUT2D eigenvalue weighted by Crippen LogP contribution is 2.41. The third kappa shape index (κ3) is 3.33. The van der Waals surface area contributed by atoms with Crippen molar-refractivity contribution in [1.82, 2.24) is 4.90 Å². The van der Waals surface area contributed by atoms with Crippen LogP contribution in [0.25, 0.3) is 0 Å². The summed E-state index contributed by atoms with van der Waals surface area (Å²) < 4.78 is 5.43. The molecule has 2 amide bonds. The Kier molecular flexibility index (Phi) is 4.75. The predicted molar refractivity (Wildman–Crippen MR) is 105 cm³/mol. The molecule has 8 heteroatoms. The van der Waals surface area contributed by atoms with Crippen molar-refractivity contribution in [3.05, 3.63) is 81.7 Å². The van der Waals surface area contributed by atoms with Crippen molar-refractivity contribution in [1.29, 1.82) is 0 Å². The number of rotatable bonds is 4. The Bertz CT molecular complexity index is 1000. The van der Waals surface area contributed by atoms with E-state index in [0.717, 1.165) is 11.3 Å². The number of nitrogens with zero attached hydrogens (tertiary/aromatic N) is 3. The van der Waals surface area contributed by atoms with Crippen LogP contribution in [0.2, 0.25) is 0 Å². The van der Waals surface area contributed by atoms with E-state index in [2.05, 4.69) is 0 Å². The maximum Gasteiger partial charge on any atom is 0.414 e. The number of nitro benzene ring substituents is 1. The van der Waals surface area contributed by atoms with Crippen LogP contribution in [-0.2, 0) is 16.1 Å². The summed E-state index contributed by atoms with van der Waals surface area (Å²) in [6.07, 6.45) is 0.0343. The Balaban J connectivity index is 1.55. The summed E-state index contributed by atoms with van der Waals surface area (Å²) in [5.41, 5.74) is 2.79. The summed E-state index contributed by atoms with van der Waals surface area (Å²) in [6, 6.07) is 15.2. The molecule has 2 aromatic rings. The van der Waals surface area contributed by atoms with E-state index in [-0.39, 0.29) is 18.2 Å². The smallest absolute Gasteiger partial charge is 0.414 e. The molecule has 2 aliphatic rings. The van der Waals surface area contributed by atoms with E-state index in [0.29, 0.717) is 24.4 Å². The number of amides is 2. The van der Waals surface area contributed by atoms with Crippen molar-refractivity contribution in [3.8, 4) is 0 Å². The molecule has 0 aliphatic carbocycles. The molecule has 1 unspecified atom stereocenters. The number of hydrogen-bond donors (Lipinski definition) is 0. The predicted octanol–water partition coefficient (Wildman–Crippen LogP) is 3.83. The van der Waals surface area contributed by atoms with Crippen LogP contribution < -0.4 is 4.90 Å². The molecule has 4 rings (SSSR count). The minimum absolute atomic E-state index is 0.0415. The molecule has 1 atom stereocenters. The molecule has 0 spiro atoms. The van der Waals surface area contributed by atoms with Gasteiger partial charge in [-0.05, 0) is 24.6 Å². The number of nitro groups is 1. The van der Waals surface area contributed by atoms with Crippen molar-refractivity contribution in [2.45, 2.75) is 20.0 Å². The molecule has 0 radical (unpaired) electrons. The highest BCUT2D eigenvalue weighted by atomic mass is 16.6. The third-order valence-corrected chi connectivity index (χ3v) is 5.17. The molecule has 2 aliphatic heterocycles. The van der Waals surface area contributed by atoms with E-state index in [1.54, 1.807) is 24.0 Å². The van der Waals surface area contributed by atoms with E-state index < -0.39 is 16.9 Å². The summed E-state index contributed by atoms with van der Waals surface area (Å²) in [5, 5.41) is 10.9. The molecule has 0 aromatic heterocycles. The number of carbonyl (C=O) groups is 2. The standard InChI is InChI=1S/C21H19N3O5/c1-14-19-18(23(20(14)25)16-7-9-17(10-8-16)24(27)28)11-12-22(19)21(26)29-13-15-5-3-2-4-6-15/h2-10,14H,11-13H2,1H3. The van der Waals surface area contributed by atoms with Gasteiger partial charge in [0.1, 0.15) is 6.61 Å². The van der Waals surface area contributed by atoms with E-state index in [1.807, 2.05) is 30.3 Å². The maximum absolute atomic E-state index is 12.9. The van der Waals surface area contributed by atoms with Crippen molar-refractivity contribution in [3.63, 3.8) is 0 Å². The lowest BCUT2D eigenvalue weighted by molar-refractivity contribution is -0.384. The van der Waals surface area contributed by atoms with Crippen molar-refractivity contribution in [2.75, 3.05) is 11.4 Å². The Hall–Kier alpha value is -3.68. The fourth-order valence-electron chi connectivity index (χ4n) is 3.77. The lowest BCUT2D eigenvalue weighted by Gasteiger charge is -2.22.